The smallest absolute Gasteiger partial charge is 0.231 e. The van der Waals surface area contributed by atoms with Crippen LogP contribution >= 0.6 is 0 Å². The van der Waals surface area contributed by atoms with Gasteiger partial charge in [0.25, 0.3) is 0 Å². The molecule has 1 saturated heterocycles. The maximum atomic E-state index is 6.13. The molecule has 0 radical (unpaired) electrons. The van der Waals surface area contributed by atoms with Crippen molar-refractivity contribution in [2.24, 2.45) is 11.7 Å². The summed E-state index contributed by atoms with van der Waals surface area (Å²) in [5.41, 5.74) is 8.20. The summed E-state index contributed by atoms with van der Waals surface area (Å²) in [4.78, 5) is 13.7. The van der Waals surface area contributed by atoms with E-state index in [1.807, 2.05) is 37.1 Å². The second-order valence-corrected chi connectivity index (χ2v) is 6.44. The first-order chi connectivity index (χ1) is 11.0. The van der Waals surface area contributed by atoms with E-state index in [1.165, 1.54) is 0 Å². The van der Waals surface area contributed by atoms with Crippen molar-refractivity contribution in [2.75, 3.05) is 29.9 Å². The third-order valence-electron chi connectivity index (χ3n) is 4.57. The molecule has 5 nitrogen and oxygen atoms in total. The van der Waals surface area contributed by atoms with E-state index in [2.05, 4.69) is 35.0 Å². The van der Waals surface area contributed by atoms with Gasteiger partial charge < -0.3 is 15.5 Å². The van der Waals surface area contributed by atoms with Gasteiger partial charge in [-0.1, -0.05) is 25.1 Å². The van der Waals surface area contributed by atoms with Gasteiger partial charge in [-0.05, 0) is 31.4 Å². The highest BCUT2D eigenvalue weighted by atomic mass is 15.3. The Morgan fingerprint density at radius 2 is 1.96 bits per heavy atom. The molecule has 1 aliphatic heterocycles. The lowest BCUT2D eigenvalue weighted by atomic mass is 9.95. The monoisotopic (exact) mass is 311 g/mol. The summed E-state index contributed by atoms with van der Waals surface area (Å²) in [6.07, 6.45) is 1.01. The summed E-state index contributed by atoms with van der Waals surface area (Å²) in [7, 11) is 2.00. The molecule has 122 valence electrons. The molecule has 0 aliphatic carbocycles. The largest absolute Gasteiger partial charge is 0.356 e. The molecular formula is C18H25N5. The normalized spacial score (nSPS) is 21.3. The Morgan fingerprint density at radius 3 is 2.65 bits per heavy atom. The number of rotatable bonds is 3. The Kier molecular flexibility index (Phi) is 4.48. The van der Waals surface area contributed by atoms with Crippen molar-refractivity contribution < 1.29 is 0 Å². The zero-order valence-corrected chi connectivity index (χ0v) is 14.1. The number of hydrogen-bond donors (Lipinski definition) is 1. The predicted octanol–water partition coefficient (Wildman–Crippen LogP) is 2.73. The fourth-order valence-corrected chi connectivity index (χ4v) is 2.99. The molecule has 0 spiro atoms. The van der Waals surface area contributed by atoms with E-state index < -0.39 is 0 Å². The van der Waals surface area contributed by atoms with Gasteiger partial charge in [0.05, 0.1) is 0 Å². The molecule has 2 unspecified atom stereocenters. The number of anilines is 3. The van der Waals surface area contributed by atoms with Crippen molar-refractivity contribution in [1.82, 2.24) is 9.97 Å². The zero-order valence-electron chi connectivity index (χ0n) is 14.1. The van der Waals surface area contributed by atoms with Crippen molar-refractivity contribution in [2.45, 2.75) is 26.3 Å². The number of hydrogen-bond acceptors (Lipinski definition) is 5. The Labute approximate surface area is 138 Å². The van der Waals surface area contributed by atoms with Crippen LogP contribution in [0.4, 0.5) is 17.5 Å². The highest BCUT2D eigenvalue weighted by Gasteiger charge is 2.24. The van der Waals surface area contributed by atoms with Crippen molar-refractivity contribution in [3.63, 3.8) is 0 Å². The van der Waals surface area contributed by atoms with Gasteiger partial charge in [0, 0.05) is 43.6 Å². The number of nitrogens with two attached hydrogens (primary N) is 1. The van der Waals surface area contributed by atoms with Gasteiger partial charge in [0.15, 0.2) is 0 Å². The van der Waals surface area contributed by atoms with Crippen LogP contribution in [0.25, 0.3) is 0 Å². The summed E-state index contributed by atoms with van der Waals surface area (Å²) in [6, 6.07) is 12.5. The van der Waals surface area contributed by atoms with E-state index in [0.29, 0.717) is 12.0 Å². The highest BCUT2D eigenvalue weighted by Crippen LogP contribution is 2.25. The lowest BCUT2D eigenvalue weighted by molar-refractivity contribution is 0.381. The first kappa shape index (κ1) is 15.7. The van der Waals surface area contributed by atoms with Crippen LogP contribution in [0, 0.1) is 12.8 Å². The predicted molar refractivity (Wildman–Crippen MR) is 95.2 cm³/mol. The van der Waals surface area contributed by atoms with Gasteiger partial charge >= 0.3 is 0 Å². The van der Waals surface area contributed by atoms with E-state index in [9.17, 15) is 0 Å². The van der Waals surface area contributed by atoms with E-state index in [1.54, 1.807) is 0 Å². The summed E-state index contributed by atoms with van der Waals surface area (Å²) < 4.78 is 0. The van der Waals surface area contributed by atoms with E-state index in [0.717, 1.165) is 42.7 Å². The minimum atomic E-state index is 0.292. The van der Waals surface area contributed by atoms with Crippen LogP contribution in [0.1, 0.15) is 19.0 Å². The quantitative estimate of drug-likeness (QED) is 0.944. The standard InChI is InChI=1S/C18H25N5/c1-13-12-23(10-9-16(13)19)17-11-14(2)20-18(21-17)22(3)15-7-5-4-6-8-15/h4-8,11,13,16H,9-10,12,19H2,1-3H3. The molecule has 1 fully saturated rings. The van der Waals surface area contributed by atoms with Crippen LogP contribution in [0.3, 0.4) is 0 Å². The minimum Gasteiger partial charge on any atom is -0.356 e. The van der Waals surface area contributed by atoms with Crippen LogP contribution in [-0.4, -0.2) is 36.1 Å². The van der Waals surface area contributed by atoms with Crippen LogP contribution < -0.4 is 15.5 Å². The topological polar surface area (TPSA) is 58.3 Å². The minimum absolute atomic E-state index is 0.292. The van der Waals surface area contributed by atoms with Crippen molar-refractivity contribution in [3.05, 3.63) is 42.1 Å². The Morgan fingerprint density at radius 1 is 1.22 bits per heavy atom. The molecule has 2 N–H and O–H groups in total. The zero-order chi connectivity index (χ0) is 16.4. The van der Waals surface area contributed by atoms with Gasteiger partial charge in [-0.2, -0.15) is 4.98 Å². The fourth-order valence-electron chi connectivity index (χ4n) is 2.99. The van der Waals surface area contributed by atoms with Crippen molar-refractivity contribution in [1.29, 1.82) is 0 Å². The molecule has 5 heteroatoms. The molecule has 1 aromatic heterocycles. The molecule has 0 amide bonds. The summed E-state index contributed by atoms with van der Waals surface area (Å²) in [6.45, 7) is 6.14. The average molecular weight is 311 g/mol. The summed E-state index contributed by atoms with van der Waals surface area (Å²) >= 11 is 0. The maximum Gasteiger partial charge on any atom is 0.231 e. The SMILES string of the molecule is Cc1cc(N2CCC(N)C(C)C2)nc(N(C)c2ccccc2)n1. The molecule has 2 heterocycles. The van der Waals surface area contributed by atoms with Crippen LogP contribution in [0.5, 0.6) is 0 Å². The van der Waals surface area contributed by atoms with E-state index >= 15 is 0 Å². The molecule has 3 rings (SSSR count). The number of nitrogens with zero attached hydrogens (tertiary/aromatic N) is 4. The van der Waals surface area contributed by atoms with E-state index in [4.69, 9.17) is 10.7 Å². The Hall–Kier alpha value is -2.14. The molecule has 1 aliphatic rings. The number of piperidine rings is 1. The first-order valence-electron chi connectivity index (χ1n) is 8.19. The Bertz CT molecular complexity index is 658. The van der Waals surface area contributed by atoms with E-state index in [-0.39, 0.29) is 0 Å². The lowest BCUT2D eigenvalue weighted by Gasteiger charge is -2.36. The number of aromatic nitrogens is 2. The second-order valence-electron chi connectivity index (χ2n) is 6.44. The maximum absolute atomic E-state index is 6.13. The molecule has 23 heavy (non-hydrogen) atoms. The third-order valence-corrected chi connectivity index (χ3v) is 4.57. The molecule has 0 bridgehead atoms. The van der Waals surface area contributed by atoms with Crippen LogP contribution in [-0.2, 0) is 0 Å². The number of benzene rings is 1. The third kappa shape index (κ3) is 3.45. The van der Waals surface area contributed by atoms with Gasteiger partial charge in [-0.25, -0.2) is 4.98 Å². The molecule has 1 aromatic carbocycles. The molecule has 2 aromatic rings. The van der Waals surface area contributed by atoms with Crippen molar-refractivity contribution in [3.8, 4) is 0 Å². The highest BCUT2D eigenvalue weighted by molar-refractivity contribution is 5.58. The molecule has 0 saturated carbocycles. The lowest BCUT2D eigenvalue weighted by Crippen LogP contribution is -2.46. The van der Waals surface area contributed by atoms with Gasteiger partial charge in [-0.15, -0.1) is 0 Å². The van der Waals surface area contributed by atoms with Gasteiger partial charge in [0.1, 0.15) is 5.82 Å². The van der Waals surface area contributed by atoms with Gasteiger partial charge in [-0.3, -0.25) is 0 Å². The molecule has 2 atom stereocenters. The van der Waals surface area contributed by atoms with Crippen molar-refractivity contribution >= 4 is 17.5 Å². The van der Waals surface area contributed by atoms with Crippen LogP contribution in [0.2, 0.25) is 0 Å². The second kappa shape index (κ2) is 6.54. The Balaban J connectivity index is 1.88. The first-order valence-corrected chi connectivity index (χ1v) is 8.19. The fraction of sp³-hybridized carbons (Fsp3) is 0.444. The number of aryl methyl sites for hydroxylation is 1. The van der Waals surface area contributed by atoms with Gasteiger partial charge in [0.2, 0.25) is 5.95 Å². The number of para-hydroxylation sites is 1. The van der Waals surface area contributed by atoms with Crippen LogP contribution in [0.15, 0.2) is 36.4 Å². The summed E-state index contributed by atoms with van der Waals surface area (Å²) in [5, 5.41) is 0. The average Bonchev–Trinajstić information content (AvgIpc) is 2.57. The summed E-state index contributed by atoms with van der Waals surface area (Å²) in [5.74, 6) is 2.21. The molecular weight excluding hydrogens is 286 g/mol.